The Bertz CT molecular complexity index is 441. The van der Waals surface area contributed by atoms with E-state index in [1.54, 1.807) is 6.07 Å². The van der Waals surface area contributed by atoms with E-state index in [4.69, 9.17) is 5.73 Å². The summed E-state index contributed by atoms with van der Waals surface area (Å²) in [5.74, 6) is -0.788. The van der Waals surface area contributed by atoms with Crippen LogP contribution in [0.3, 0.4) is 0 Å². The summed E-state index contributed by atoms with van der Waals surface area (Å²) in [5, 5.41) is 2.83. The molecule has 0 unspecified atom stereocenters. The Morgan fingerprint density at radius 1 is 1.30 bits per heavy atom. The Kier molecular flexibility index (Phi) is 6.66. The minimum absolute atomic E-state index is 0.156. The third kappa shape index (κ3) is 4.97. The second-order valence-corrected chi connectivity index (χ2v) is 4.43. The third-order valence-electron chi connectivity index (χ3n) is 3.11. The number of hydrogen-bond acceptors (Lipinski definition) is 4. The number of pyridine rings is 1. The number of carbonyl (C=O) groups is 2. The van der Waals surface area contributed by atoms with Crippen LogP contribution in [-0.2, 0) is 0 Å². The van der Waals surface area contributed by atoms with Gasteiger partial charge in [0.15, 0.2) is 0 Å². The summed E-state index contributed by atoms with van der Waals surface area (Å²) >= 11 is 0. The largest absolute Gasteiger partial charge is 0.364 e. The van der Waals surface area contributed by atoms with E-state index in [0.717, 1.165) is 26.1 Å². The molecule has 1 aromatic heterocycles. The Morgan fingerprint density at radius 3 is 2.50 bits per heavy atom. The number of aromatic nitrogens is 1. The van der Waals surface area contributed by atoms with E-state index in [1.165, 1.54) is 12.3 Å². The maximum Gasteiger partial charge on any atom is 0.267 e. The summed E-state index contributed by atoms with van der Waals surface area (Å²) in [6.07, 6.45) is 2.26. The lowest BCUT2D eigenvalue weighted by atomic mass is 10.2. The van der Waals surface area contributed by atoms with Crippen LogP contribution in [0.15, 0.2) is 18.3 Å². The van der Waals surface area contributed by atoms with Crippen molar-refractivity contribution in [1.82, 2.24) is 15.2 Å². The van der Waals surface area contributed by atoms with E-state index in [9.17, 15) is 9.59 Å². The van der Waals surface area contributed by atoms with Gasteiger partial charge in [-0.25, -0.2) is 0 Å². The standard InChI is InChI=1S/C14H22N4O2/c1-3-18(4-2)9-5-8-16-14(20)11-6-7-12(13(15)19)17-10-11/h6-7,10H,3-5,8-9H2,1-2H3,(H2,15,19)(H,16,20). The maximum absolute atomic E-state index is 11.8. The Hall–Kier alpha value is -1.95. The zero-order valence-electron chi connectivity index (χ0n) is 12.1. The number of rotatable bonds is 8. The molecule has 0 bridgehead atoms. The molecule has 0 aliphatic carbocycles. The highest BCUT2D eigenvalue weighted by atomic mass is 16.2. The molecule has 0 saturated carbocycles. The SMILES string of the molecule is CCN(CC)CCCNC(=O)c1ccc(C(N)=O)nc1. The van der Waals surface area contributed by atoms with Crippen molar-refractivity contribution in [1.29, 1.82) is 0 Å². The predicted octanol–water partition coefficient (Wildman–Crippen LogP) is 0.642. The molecule has 3 N–H and O–H groups in total. The van der Waals surface area contributed by atoms with E-state index in [-0.39, 0.29) is 11.6 Å². The smallest absolute Gasteiger partial charge is 0.267 e. The summed E-state index contributed by atoms with van der Waals surface area (Å²) in [6.45, 7) is 7.85. The number of nitrogens with two attached hydrogens (primary N) is 1. The first-order valence-corrected chi connectivity index (χ1v) is 6.84. The molecule has 0 radical (unpaired) electrons. The monoisotopic (exact) mass is 278 g/mol. The van der Waals surface area contributed by atoms with Gasteiger partial charge in [0.25, 0.3) is 11.8 Å². The molecule has 0 spiro atoms. The van der Waals surface area contributed by atoms with Crippen molar-refractivity contribution in [3.8, 4) is 0 Å². The van der Waals surface area contributed by atoms with Crippen LogP contribution in [0.5, 0.6) is 0 Å². The first-order valence-electron chi connectivity index (χ1n) is 6.84. The van der Waals surface area contributed by atoms with Gasteiger partial charge in [-0.2, -0.15) is 0 Å². The lowest BCUT2D eigenvalue weighted by molar-refractivity contribution is 0.0948. The lowest BCUT2D eigenvalue weighted by Crippen LogP contribution is -2.30. The number of hydrogen-bond donors (Lipinski definition) is 2. The Morgan fingerprint density at radius 2 is 2.00 bits per heavy atom. The molecule has 0 saturated heterocycles. The van der Waals surface area contributed by atoms with Crippen molar-refractivity contribution in [3.63, 3.8) is 0 Å². The number of nitrogens with zero attached hydrogens (tertiary/aromatic N) is 2. The van der Waals surface area contributed by atoms with E-state index in [2.05, 4.69) is 29.0 Å². The fraction of sp³-hybridized carbons (Fsp3) is 0.500. The minimum atomic E-state index is -0.601. The quantitative estimate of drug-likeness (QED) is 0.683. The van der Waals surface area contributed by atoms with Crippen LogP contribution in [0.2, 0.25) is 0 Å². The molecule has 6 nitrogen and oxygen atoms in total. The van der Waals surface area contributed by atoms with Crippen molar-refractivity contribution in [2.45, 2.75) is 20.3 Å². The van der Waals surface area contributed by atoms with Crippen molar-refractivity contribution in [2.24, 2.45) is 5.73 Å². The molecule has 20 heavy (non-hydrogen) atoms. The first kappa shape index (κ1) is 16.1. The second-order valence-electron chi connectivity index (χ2n) is 4.43. The van der Waals surface area contributed by atoms with Gasteiger partial charge in [0, 0.05) is 12.7 Å². The van der Waals surface area contributed by atoms with Gasteiger partial charge in [0.2, 0.25) is 0 Å². The topological polar surface area (TPSA) is 88.3 Å². The average molecular weight is 278 g/mol. The van der Waals surface area contributed by atoms with Gasteiger partial charge in [-0.05, 0) is 38.2 Å². The summed E-state index contributed by atoms with van der Waals surface area (Å²) in [4.78, 5) is 28.8. The molecule has 0 fully saturated rings. The van der Waals surface area contributed by atoms with E-state index in [0.29, 0.717) is 12.1 Å². The molecular weight excluding hydrogens is 256 g/mol. The predicted molar refractivity (Wildman–Crippen MR) is 77.5 cm³/mol. The normalized spacial score (nSPS) is 10.6. The molecule has 0 aliphatic rings. The van der Waals surface area contributed by atoms with Gasteiger partial charge in [-0.3, -0.25) is 14.6 Å². The van der Waals surface area contributed by atoms with Crippen molar-refractivity contribution in [3.05, 3.63) is 29.6 Å². The van der Waals surface area contributed by atoms with Crippen LogP contribution in [-0.4, -0.2) is 47.9 Å². The number of amides is 2. The third-order valence-corrected chi connectivity index (χ3v) is 3.11. The number of nitrogens with one attached hydrogen (secondary N) is 1. The van der Waals surface area contributed by atoms with Gasteiger partial charge in [-0.15, -0.1) is 0 Å². The van der Waals surface area contributed by atoms with Crippen LogP contribution in [0.4, 0.5) is 0 Å². The molecule has 0 aromatic carbocycles. The van der Waals surface area contributed by atoms with Crippen LogP contribution in [0.1, 0.15) is 41.1 Å². The molecular formula is C14H22N4O2. The molecule has 6 heteroatoms. The van der Waals surface area contributed by atoms with Gasteiger partial charge < -0.3 is 16.0 Å². The average Bonchev–Trinajstić information content (AvgIpc) is 2.47. The molecule has 1 heterocycles. The molecule has 110 valence electrons. The molecule has 2 amide bonds. The van der Waals surface area contributed by atoms with Crippen molar-refractivity contribution in [2.75, 3.05) is 26.2 Å². The van der Waals surface area contributed by atoms with Crippen LogP contribution in [0, 0.1) is 0 Å². The highest BCUT2D eigenvalue weighted by Crippen LogP contribution is 2.00. The Labute approximate surface area is 119 Å². The highest BCUT2D eigenvalue weighted by molar-refractivity contribution is 5.95. The summed E-state index contributed by atoms with van der Waals surface area (Å²) in [6, 6.07) is 3.00. The highest BCUT2D eigenvalue weighted by Gasteiger charge is 2.07. The lowest BCUT2D eigenvalue weighted by Gasteiger charge is -2.17. The Balaban J connectivity index is 2.37. The number of primary amides is 1. The molecule has 1 aromatic rings. The van der Waals surface area contributed by atoms with Gasteiger partial charge >= 0.3 is 0 Å². The van der Waals surface area contributed by atoms with Crippen molar-refractivity contribution >= 4 is 11.8 Å². The van der Waals surface area contributed by atoms with Gasteiger partial charge in [-0.1, -0.05) is 13.8 Å². The van der Waals surface area contributed by atoms with Crippen LogP contribution >= 0.6 is 0 Å². The van der Waals surface area contributed by atoms with Gasteiger partial charge in [0.1, 0.15) is 5.69 Å². The number of carbonyl (C=O) groups excluding carboxylic acids is 2. The van der Waals surface area contributed by atoms with Crippen LogP contribution in [0.25, 0.3) is 0 Å². The zero-order valence-corrected chi connectivity index (χ0v) is 12.1. The fourth-order valence-electron chi connectivity index (χ4n) is 1.82. The molecule has 0 atom stereocenters. The van der Waals surface area contributed by atoms with E-state index in [1.807, 2.05) is 0 Å². The van der Waals surface area contributed by atoms with Gasteiger partial charge in [0.05, 0.1) is 5.56 Å². The van der Waals surface area contributed by atoms with Crippen LogP contribution < -0.4 is 11.1 Å². The van der Waals surface area contributed by atoms with E-state index < -0.39 is 5.91 Å². The first-order chi connectivity index (χ1) is 9.58. The summed E-state index contributed by atoms with van der Waals surface area (Å²) in [7, 11) is 0. The summed E-state index contributed by atoms with van der Waals surface area (Å²) in [5.41, 5.74) is 5.67. The van der Waals surface area contributed by atoms with E-state index >= 15 is 0 Å². The molecule has 1 rings (SSSR count). The fourth-order valence-corrected chi connectivity index (χ4v) is 1.82. The summed E-state index contributed by atoms with van der Waals surface area (Å²) < 4.78 is 0. The minimum Gasteiger partial charge on any atom is -0.364 e. The second kappa shape index (κ2) is 8.27. The molecule has 0 aliphatic heterocycles. The zero-order chi connectivity index (χ0) is 15.0. The maximum atomic E-state index is 11.8. The van der Waals surface area contributed by atoms with Crippen molar-refractivity contribution < 1.29 is 9.59 Å².